The van der Waals surface area contributed by atoms with Gasteiger partial charge in [0, 0.05) is 17.6 Å². The molecule has 2 aliphatic carbocycles. The molecular weight excluding hydrogens is 330 g/mol. The summed E-state index contributed by atoms with van der Waals surface area (Å²) in [5, 5.41) is 0. The summed E-state index contributed by atoms with van der Waals surface area (Å²) in [7, 11) is 0. The van der Waals surface area contributed by atoms with Gasteiger partial charge in [0.15, 0.2) is 11.5 Å². The topological polar surface area (TPSA) is 48.0 Å². The number of hydrogen-bond donors (Lipinski definition) is 0. The fourth-order valence-electron chi connectivity index (χ4n) is 3.83. The lowest BCUT2D eigenvalue weighted by molar-refractivity contribution is 0.0663. The predicted octanol–water partition coefficient (Wildman–Crippen LogP) is 4.43. The zero-order valence-electron chi connectivity index (χ0n) is 16.3. The minimum Gasteiger partial charge on any atom is -0.490 e. The van der Waals surface area contributed by atoms with E-state index in [4.69, 9.17) is 14.2 Å². The smallest absolute Gasteiger partial charge is 0.254 e. The number of nitrogens with zero attached hydrogens (tertiary/aromatic N) is 1. The largest absolute Gasteiger partial charge is 0.490 e. The lowest BCUT2D eigenvalue weighted by Crippen LogP contribution is -2.40. The Morgan fingerprint density at radius 1 is 0.885 bits per heavy atom. The van der Waals surface area contributed by atoms with Crippen LogP contribution in [0.3, 0.4) is 0 Å². The van der Waals surface area contributed by atoms with Crippen LogP contribution in [0.5, 0.6) is 17.2 Å². The maximum absolute atomic E-state index is 13.4. The van der Waals surface area contributed by atoms with Crippen LogP contribution in [-0.2, 0) is 0 Å². The van der Waals surface area contributed by atoms with E-state index in [0.29, 0.717) is 54.7 Å². The quantitative estimate of drug-likeness (QED) is 0.653. The Morgan fingerprint density at radius 3 is 1.85 bits per heavy atom. The van der Waals surface area contributed by atoms with Crippen LogP contribution in [0.2, 0.25) is 0 Å². The van der Waals surface area contributed by atoms with Gasteiger partial charge in [0.25, 0.3) is 5.91 Å². The molecule has 0 bridgehead atoms. The molecule has 5 heteroatoms. The number of carbonyl (C=O) groups is 1. The Hall–Kier alpha value is -1.91. The standard InChI is InChI=1S/C21H31NO4/c1-4-24-18-13-15(14-19(25-5-2)20(18)26-6-3)21(23)22(17-11-12-17)16-9-7-8-10-16/h13-14,16-17H,4-12H2,1-3H3. The minimum absolute atomic E-state index is 0.101. The number of carbonyl (C=O) groups excluding carboxylic acids is 1. The van der Waals surface area contributed by atoms with Crippen LogP contribution in [-0.4, -0.2) is 42.7 Å². The van der Waals surface area contributed by atoms with Crippen molar-refractivity contribution >= 4 is 5.91 Å². The van der Waals surface area contributed by atoms with E-state index in [0.717, 1.165) is 25.7 Å². The predicted molar refractivity (Wildman–Crippen MR) is 101 cm³/mol. The minimum atomic E-state index is 0.101. The number of benzene rings is 1. The zero-order valence-corrected chi connectivity index (χ0v) is 16.3. The Morgan fingerprint density at radius 2 is 1.38 bits per heavy atom. The van der Waals surface area contributed by atoms with Gasteiger partial charge in [-0.2, -0.15) is 0 Å². The first-order chi connectivity index (χ1) is 12.7. The van der Waals surface area contributed by atoms with Gasteiger partial charge in [-0.1, -0.05) is 12.8 Å². The summed E-state index contributed by atoms with van der Waals surface area (Å²) in [5.74, 6) is 1.87. The molecule has 26 heavy (non-hydrogen) atoms. The number of rotatable bonds is 9. The van der Waals surface area contributed by atoms with Crippen LogP contribution in [0.15, 0.2) is 12.1 Å². The van der Waals surface area contributed by atoms with Crippen molar-refractivity contribution in [1.82, 2.24) is 4.90 Å². The summed E-state index contributed by atoms with van der Waals surface area (Å²) in [6.45, 7) is 7.33. The molecule has 5 nitrogen and oxygen atoms in total. The molecule has 0 aliphatic heterocycles. The average molecular weight is 361 g/mol. The van der Waals surface area contributed by atoms with Gasteiger partial charge >= 0.3 is 0 Å². The molecule has 0 spiro atoms. The first-order valence-corrected chi connectivity index (χ1v) is 10.1. The second-order valence-electron chi connectivity index (χ2n) is 6.98. The van der Waals surface area contributed by atoms with Crippen molar-refractivity contribution in [1.29, 1.82) is 0 Å². The molecule has 3 rings (SSSR count). The normalized spacial score (nSPS) is 17.2. The van der Waals surface area contributed by atoms with Crippen LogP contribution >= 0.6 is 0 Å². The van der Waals surface area contributed by atoms with E-state index >= 15 is 0 Å². The molecule has 0 N–H and O–H groups in total. The Labute approximate surface area is 156 Å². The number of amides is 1. The number of ether oxygens (including phenoxy) is 3. The van der Waals surface area contributed by atoms with Gasteiger partial charge in [-0.3, -0.25) is 4.79 Å². The van der Waals surface area contributed by atoms with Crippen molar-refractivity contribution < 1.29 is 19.0 Å². The molecule has 1 amide bonds. The second kappa shape index (κ2) is 8.65. The fourth-order valence-corrected chi connectivity index (χ4v) is 3.83. The van der Waals surface area contributed by atoms with Gasteiger partial charge in [-0.15, -0.1) is 0 Å². The molecule has 0 radical (unpaired) electrons. The third-order valence-electron chi connectivity index (χ3n) is 5.05. The number of hydrogen-bond acceptors (Lipinski definition) is 4. The summed E-state index contributed by atoms with van der Waals surface area (Å²) in [6.07, 6.45) is 6.93. The molecule has 0 saturated heterocycles. The van der Waals surface area contributed by atoms with Crippen molar-refractivity contribution in [3.63, 3.8) is 0 Å². The van der Waals surface area contributed by atoms with Crippen LogP contribution in [0, 0.1) is 0 Å². The van der Waals surface area contributed by atoms with Gasteiger partial charge < -0.3 is 19.1 Å². The van der Waals surface area contributed by atoms with Crippen LogP contribution in [0.1, 0.15) is 69.7 Å². The highest BCUT2D eigenvalue weighted by molar-refractivity contribution is 5.96. The molecule has 2 aliphatic rings. The molecular formula is C21H31NO4. The Balaban J connectivity index is 1.95. The first-order valence-electron chi connectivity index (χ1n) is 10.1. The van der Waals surface area contributed by atoms with Crippen molar-refractivity contribution in [2.45, 2.75) is 71.4 Å². The molecule has 2 fully saturated rings. The van der Waals surface area contributed by atoms with Gasteiger partial charge in [-0.05, 0) is 58.6 Å². The van der Waals surface area contributed by atoms with E-state index in [9.17, 15) is 4.79 Å². The molecule has 0 aromatic heterocycles. The highest BCUT2D eigenvalue weighted by atomic mass is 16.5. The van der Waals surface area contributed by atoms with E-state index in [1.165, 1.54) is 12.8 Å². The fraction of sp³-hybridized carbons (Fsp3) is 0.667. The summed E-state index contributed by atoms with van der Waals surface area (Å²) < 4.78 is 17.3. The maximum Gasteiger partial charge on any atom is 0.254 e. The molecule has 0 atom stereocenters. The van der Waals surface area contributed by atoms with Gasteiger partial charge in [0.1, 0.15) is 0 Å². The summed E-state index contributed by atoms with van der Waals surface area (Å²) in [4.78, 5) is 15.5. The summed E-state index contributed by atoms with van der Waals surface area (Å²) in [5.41, 5.74) is 0.638. The third kappa shape index (κ3) is 4.08. The third-order valence-corrected chi connectivity index (χ3v) is 5.05. The zero-order chi connectivity index (χ0) is 18.5. The van der Waals surface area contributed by atoms with Crippen LogP contribution in [0.25, 0.3) is 0 Å². The van der Waals surface area contributed by atoms with Crippen molar-refractivity contribution in [2.75, 3.05) is 19.8 Å². The van der Waals surface area contributed by atoms with Gasteiger partial charge in [-0.25, -0.2) is 0 Å². The first kappa shape index (κ1) is 18.9. The molecule has 144 valence electrons. The van der Waals surface area contributed by atoms with E-state index < -0.39 is 0 Å². The summed E-state index contributed by atoms with van der Waals surface area (Å²) in [6, 6.07) is 4.43. The Kier molecular flexibility index (Phi) is 6.28. The molecule has 1 aromatic rings. The highest BCUT2D eigenvalue weighted by Crippen LogP contribution is 2.41. The van der Waals surface area contributed by atoms with Crippen molar-refractivity contribution in [3.05, 3.63) is 17.7 Å². The lowest BCUT2D eigenvalue weighted by atomic mass is 10.1. The van der Waals surface area contributed by atoms with Crippen molar-refractivity contribution in [3.8, 4) is 17.2 Å². The summed E-state index contributed by atoms with van der Waals surface area (Å²) >= 11 is 0. The molecule has 2 saturated carbocycles. The van der Waals surface area contributed by atoms with Crippen molar-refractivity contribution in [2.24, 2.45) is 0 Å². The molecule has 0 unspecified atom stereocenters. The average Bonchev–Trinajstić information content (AvgIpc) is 3.31. The van der Waals surface area contributed by atoms with E-state index in [-0.39, 0.29) is 5.91 Å². The SMILES string of the molecule is CCOc1cc(C(=O)N(C2CCCC2)C2CC2)cc(OCC)c1OCC. The van der Waals surface area contributed by atoms with E-state index in [1.807, 2.05) is 32.9 Å². The lowest BCUT2D eigenvalue weighted by Gasteiger charge is -2.29. The van der Waals surface area contributed by atoms with E-state index in [1.54, 1.807) is 0 Å². The Bertz CT molecular complexity index is 593. The van der Waals surface area contributed by atoms with Crippen LogP contribution in [0.4, 0.5) is 0 Å². The molecule has 1 aromatic carbocycles. The second-order valence-corrected chi connectivity index (χ2v) is 6.98. The monoisotopic (exact) mass is 361 g/mol. The van der Waals surface area contributed by atoms with Gasteiger partial charge in [0.05, 0.1) is 19.8 Å². The molecule has 0 heterocycles. The van der Waals surface area contributed by atoms with Gasteiger partial charge in [0.2, 0.25) is 5.75 Å². The highest BCUT2D eigenvalue weighted by Gasteiger charge is 2.39. The van der Waals surface area contributed by atoms with Crippen LogP contribution < -0.4 is 14.2 Å². The maximum atomic E-state index is 13.4. The van der Waals surface area contributed by atoms with E-state index in [2.05, 4.69) is 4.90 Å².